The normalized spacial score (nSPS) is 17.3. The van der Waals surface area contributed by atoms with Crippen molar-refractivity contribution in [2.45, 2.75) is 26.5 Å². The number of ketones is 2. The standard InChI is InChI=1S/C28H24N2O7/c1-16-9-11-21(36-16)26(31)24-25(30(28(33)27(24)32)23-13-17(2)37-29-23)19-10-12-20(22(14-19)34-3)35-15-18-7-5-4-6-8-18/h4-14,24-25H,15H2,1-3H3. The van der Waals surface area contributed by atoms with Gasteiger partial charge in [0.2, 0.25) is 11.6 Å². The van der Waals surface area contributed by atoms with Gasteiger partial charge in [-0.3, -0.25) is 19.3 Å². The maximum Gasteiger partial charge on any atom is 0.297 e. The molecular formula is C28H24N2O7. The van der Waals surface area contributed by atoms with Gasteiger partial charge in [0.25, 0.3) is 5.91 Å². The first-order valence-corrected chi connectivity index (χ1v) is 11.6. The number of Topliss-reactive ketones (excluding diaryl/α,β-unsaturated/α-hetero) is 2. The molecule has 9 nitrogen and oxygen atoms in total. The SMILES string of the molecule is COc1cc(C2C(C(=O)c3ccc(C)o3)C(=O)C(=O)N2c2cc(C)on2)ccc1OCc1ccccc1. The van der Waals surface area contributed by atoms with E-state index in [4.69, 9.17) is 18.4 Å². The molecule has 0 N–H and O–H groups in total. The predicted octanol–water partition coefficient (Wildman–Crippen LogP) is 4.63. The molecule has 1 amide bonds. The van der Waals surface area contributed by atoms with E-state index in [0.717, 1.165) is 5.56 Å². The quantitative estimate of drug-likeness (QED) is 0.196. The maximum absolute atomic E-state index is 13.5. The highest BCUT2D eigenvalue weighted by Gasteiger charge is 2.54. The summed E-state index contributed by atoms with van der Waals surface area (Å²) in [6.07, 6.45) is 0. The van der Waals surface area contributed by atoms with Crippen LogP contribution >= 0.6 is 0 Å². The Bertz CT molecular complexity index is 1470. The van der Waals surface area contributed by atoms with Gasteiger partial charge in [-0.15, -0.1) is 0 Å². The number of aryl methyl sites for hydroxylation is 2. The molecule has 2 aromatic heterocycles. The van der Waals surface area contributed by atoms with Crippen molar-refractivity contribution >= 4 is 23.3 Å². The van der Waals surface area contributed by atoms with Gasteiger partial charge in [0, 0.05) is 6.07 Å². The Morgan fingerprint density at radius 1 is 0.973 bits per heavy atom. The van der Waals surface area contributed by atoms with Crippen LogP contribution in [-0.2, 0) is 16.2 Å². The zero-order chi connectivity index (χ0) is 26.1. The molecule has 0 aliphatic carbocycles. The van der Waals surface area contributed by atoms with Crippen LogP contribution in [0.2, 0.25) is 0 Å². The second-order valence-corrected chi connectivity index (χ2v) is 8.72. The lowest BCUT2D eigenvalue weighted by Gasteiger charge is -2.25. The predicted molar refractivity (Wildman–Crippen MR) is 132 cm³/mol. The highest BCUT2D eigenvalue weighted by molar-refractivity contribution is 6.48. The molecule has 9 heteroatoms. The smallest absolute Gasteiger partial charge is 0.297 e. The minimum absolute atomic E-state index is 0.00149. The van der Waals surface area contributed by atoms with Crippen LogP contribution in [0.1, 0.15) is 39.2 Å². The Balaban J connectivity index is 1.55. The summed E-state index contributed by atoms with van der Waals surface area (Å²) in [7, 11) is 1.49. The Morgan fingerprint density at radius 3 is 2.41 bits per heavy atom. The average molecular weight is 501 g/mol. The number of methoxy groups -OCH3 is 1. The van der Waals surface area contributed by atoms with Gasteiger partial charge in [-0.05, 0) is 49.2 Å². The molecule has 0 bridgehead atoms. The Hall–Kier alpha value is -4.66. The summed E-state index contributed by atoms with van der Waals surface area (Å²) >= 11 is 0. The van der Waals surface area contributed by atoms with Crippen molar-refractivity contribution in [2.75, 3.05) is 12.0 Å². The summed E-state index contributed by atoms with van der Waals surface area (Å²) in [5.41, 5.74) is 1.47. The van der Waals surface area contributed by atoms with Crippen LogP contribution in [0.4, 0.5) is 5.82 Å². The fraction of sp³-hybridized carbons (Fsp3) is 0.214. The largest absolute Gasteiger partial charge is 0.493 e. The second-order valence-electron chi connectivity index (χ2n) is 8.72. The number of hydrogen-bond acceptors (Lipinski definition) is 8. The average Bonchev–Trinajstić information content (AvgIpc) is 3.61. The number of anilines is 1. The molecule has 2 atom stereocenters. The number of nitrogens with zero attached hydrogens (tertiary/aromatic N) is 2. The lowest BCUT2D eigenvalue weighted by Crippen LogP contribution is -2.30. The monoisotopic (exact) mass is 500 g/mol. The Kier molecular flexibility index (Phi) is 6.35. The third-order valence-electron chi connectivity index (χ3n) is 6.20. The van der Waals surface area contributed by atoms with Gasteiger partial charge in [-0.1, -0.05) is 41.6 Å². The van der Waals surface area contributed by atoms with E-state index in [9.17, 15) is 14.4 Å². The lowest BCUT2D eigenvalue weighted by atomic mass is 9.88. The fourth-order valence-electron chi connectivity index (χ4n) is 4.43. The van der Waals surface area contributed by atoms with E-state index < -0.39 is 29.4 Å². The summed E-state index contributed by atoms with van der Waals surface area (Å²) in [5.74, 6) is -1.70. The number of rotatable bonds is 8. The van der Waals surface area contributed by atoms with Gasteiger partial charge in [0.1, 0.15) is 24.0 Å². The summed E-state index contributed by atoms with van der Waals surface area (Å²) in [5, 5.41) is 3.94. The fourth-order valence-corrected chi connectivity index (χ4v) is 4.43. The first-order valence-electron chi connectivity index (χ1n) is 11.6. The van der Waals surface area contributed by atoms with Crippen LogP contribution in [0.15, 0.2) is 75.7 Å². The van der Waals surface area contributed by atoms with Crippen LogP contribution in [0.3, 0.4) is 0 Å². The number of carbonyl (C=O) groups is 3. The highest BCUT2D eigenvalue weighted by atomic mass is 16.5. The molecule has 2 unspecified atom stereocenters. The number of amides is 1. The molecule has 4 aromatic rings. The summed E-state index contributed by atoms with van der Waals surface area (Å²) in [6, 6.07) is 18.4. The molecule has 0 saturated carbocycles. The minimum Gasteiger partial charge on any atom is -0.493 e. The van der Waals surface area contributed by atoms with Crippen LogP contribution in [-0.4, -0.2) is 29.7 Å². The second kappa shape index (κ2) is 9.77. The minimum atomic E-state index is -1.35. The molecule has 1 saturated heterocycles. The third kappa shape index (κ3) is 4.51. The van der Waals surface area contributed by atoms with Gasteiger partial charge in [-0.25, -0.2) is 0 Å². The van der Waals surface area contributed by atoms with E-state index in [1.165, 1.54) is 24.1 Å². The van der Waals surface area contributed by atoms with Gasteiger partial charge in [-0.2, -0.15) is 0 Å². The van der Waals surface area contributed by atoms with E-state index in [2.05, 4.69) is 5.16 Å². The highest BCUT2D eigenvalue weighted by Crippen LogP contribution is 2.43. The van der Waals surface area contributed by atoms with Gasteiger partial charge in [0.05, 0.1) is 13.2 Å². The van der Waals surface area contributed by atoms with Gasteiger partial charge in [0.15, 0.2) is 23.1 Å². The van der Waals surface area contributed by atoms with Crippen molar-refractivity contribution in [1.82, 2.24) is 5.16 Å². The van der Waals surface area contributed by atoms with Crippen molar-refractivity contribution in [1.29, 1.82) is 0 Å². The third-order valence-corrected chi connectivity index (χ3v) is 6.20. The number of ether oxygens (including phenoxy) is 2. The van der Waals surface area contributed by atoms with Crippen molar-refractivity contribution in [3.63, 3.8) is 0 Å². The zero-order valence-corrected chi connectivity index (χ0v) is 20.5. The molecule has 0 spiro atoms. The van der Waals surface area contributed by atoms with Crippen molar-refractivity contribution in [2.24, 2.45) is 5.92 Å². The van der Waals surface area contributed by atoms with Crippen LogP contribution in [0, 0.1) is 19.8 Å². The topological polar surface area (TPSA) is 112 Å². The zero-order valence-electron chi connectivity index (χ0n) is 20.5. The Morgan fingerprint density at radius 2 is 1.76 bits per heavy atom. The summed E-state index contributed by atoms with van der Waals surface area (Å²) in [6.45, 7) is 3.68. The molecule has 0 radical (unpaired) electrons. The van der Waals surface area contributed by atoms with Crippen LogP contribution < -0.4 is 14.4 Å². The van der Waals surface area contributed by atoms with Crippen molar-refractivity contribution in [3.05, 3.63) is 95.1 Å². The molecular weight excluding hydrogens is 476 g/mol. The van der Waals surface area contributed by atoms with E-state index in [0.29, 0.717) is 35.2 Å². The Labute approximate surface area is 212 Å². The molecule has 3 heterocycles. The number of aromatic nitrogens is 1. The summed E-state index contributed by atoms with van der Waals surface area (Å²) in [4.78, 5) is 41.1. The van der Waals surface area contributed by atoms with Gasteiger partial charge < -0.3 is 18.4 Å². The molecule has 5 rings (SSSR count). The van der Waals surface area contributed by atoms with E-state index >= 15 is 0 Å². The van der Waals surface area contributed by atoms with E-state index in [1.54, 1.807) is 38.1 Å². The molecule has 1 aliphatic rings. The van der Waals surface area contributed by atoms with E-state index in [1.807, 2.05) is 30.3 Å². The first kappa shape index (κ1) is 24.1. The van der Waals surface area contributed by atoms with Crippen molar-refractivity contribution in [3.8, 4) is 11.5 Å². The first-order chi connectivity index (χ1) is 17.9. The molecule has 188 valence electrons. The van der Waals surface area contributed by atoms with E-state index in [-0.39, 0.29) is 11.6 Å². The summed E-state index contributed by atoms with van der Waals surface area (Å²) < 4.78 is 22.2. The number of carbonyl (C=O) groups excluding carboxylic acids is 3. The number of furan rings is 1. The number of hydrogen-bond donors (Lipinski definition) is 0. The molecule has 1 aliphatic heterocycles. The van der Waals surface area contributed by atoms with Crippen LogP contribution in [0.25, 0.3) is 0 Å². The van der Waals surface area contributed by atoms with Crippen molar-refractivity contribution < 1.29 is 32.8 Å². The molecule has 37 heavy (non-hydrogen) atoms. The number of benzene rings is 2. The lowest BCUT2D eigenvalue weighted by molar-refractivity contribution is -0.135. The van der Waals surface area contributed by atoms with Crippen LogP contribution in [0.5, 0.6) is 11.5 Å². The maximum atomic E-state index is 13.5. The molecule has 2 aromatic carbocycles. The van der Waals surface area contributed by atoms with Gasteiger partial charge >= 0.3 is 0 Å². The molecule has 1 fully saturated rings.